The maximum Gasteiger partial charge on any atom is 0.162 e. The fraction of sp³-hybridized carbons (Fsp3) is 0.286. The Kier molecular flexibility index (Phi) is 4.09. The van der Waals surface area contributed by atoms with Gasteiger partial charge in [0.15, 0.2) is 5.82 Å². The number of hydrogen-bond donors (Lipinski definition) is 2. The van der Waals surface area contributed by atoms with Gasteiger partial charge >= 0.3 is 0 Å². The van der Waals surface area contributed by atoms with E-state index >= 15 is 0 Å². The maximum absolute atomic E-state index is 5.46. The summed E-state index contributed by atoms with van der Waals surface area (Å²) in [6.45, 7) is 4.52. The van der Waals surface area contributed by atoms with Crippen molar-refractivity contribution in [1.29, 1.82) is 0 Å². The summed E-state index contributed by atoms with van der Waals surface area (Å²) in [5.41, 5.74) is 6.67. The number of anilines is 1. The van der Waals surface area contributed by atoms with Crippen molar-refractivity contribution in [2.75, 3.05) is 12.5 Å². The average molecular weight is 258 g/mol. The molecule has 0 bridgehead atoms. The molecule has 0 atom stereocenters. The number of hydrogen-bond acceptors (Lipinski definition) is 5. The SMILES string of the molecule is COCc1cc(NN)nc(-c2c(C)cccc2C)n1. The molecular formula is C14H18N4O. The normalized spacial score (nSPS) is 10.5. The van der Waals surface area contributed by atoms with Gasteiger partial charge in [-0.1, -0.05) is 18.2 Å². The smallest absolute Gasteiger partial charge is 0.162 e. The zero-order chi connectivity index (χ0) is 13.8. The van der Waals surface area contributed by atoms with E-state index in [0.29, 0.717) is 18.2 Å². The lowest BCUT2D eigenvalue weighted by molar-refractivity contribution is 0.181. The lowest BCUT2D eigenvalue weighted by atomic mass is 10.0. The Morgan fingerprint density at radius 1 is 1.21 bits per heavy atom. The molecule has 0 saturated heterocycles. The quantitative estimate of drug-likeness (QED) is 0.649. The summed E-state index contributed by atoms with van der Waals surface area (Å²) in [5.74, 6) is 6.70. The molecule has 1 heterocycles. The molecule has 100 valence electrons. The zero-order valence-corrected chi connectivity index (χ0v) is 11.4. The first-order valence-electron chi connectivity index (χ1n) is 6.05. The molecule has 0 aliphatic carbocycles. The van der Waals surface area contributed by atoms with Crippen LogP contribution in [0.2, 0.25) is 0 Å². The first kappa shape index (κ1) is 13.5. The average Bonchev–Trinajstić information content (AvgIpc) is 2.38. The monoisotopic (exact) mass is 258 g/mol. The number of ether oxygens (including phenoxy) is 1. The lowest BCUT2D eigenvalue weighted by Gasteiger charge is -2.11. The summed E-state index contributed by atoms with van der Waals surface area (Å²) in [4.78, 5) is 8.95. The minimum absolute atomic E-state index is 0.426. The molecule has 1 aromatic carbocycles. The van der Waals surface area contributed by atoms with Crippen molar-refractivity contribution in [2.45, 2.75) is 20.5 Å². The number of rotatable bonds is 4. The van der Waals surface area contributed by atoms with Crippen molar-refractivity contribution in [2.24, 2.45) is 5.84 Å². The molecule has 0 spiro atoms. The van der Waals surface area contributed by atoms with Gasteiger partial charge in [0.25, 0.3) is 0 Å². The van der Waals surface area contributed by atoms with Crippen LogP contribution in [0.25, 0.3) is 11.4 Å². The predicted molar refractivity (Wildman–Crippen MR) is 75.5 cm³/mol. The topological polar surface area (TPSA) is 73.1 Å². The Labute approximate surface area is 112 Å². The molecule has 0 saturated carbocycles. The Hall–Kier alpha value is -1.98. The largest absolute Gasteiger partial charge is 0.378 e. The summed E-state index contributed by atoms with van der Waals surface area (Å²) in [6.07, 6.45) is 0. The Morgan fingerprint density at radius 2 is 1.89 bits per heavy atom. The highest BCUT2D eigenvalue weighted by molar-refractivity contribution is 5.65. The van der Waals surface area contributed by atoms with Crippen LogP contribution >= 0.6 is 0 Å². The third-order valence-electron chi connectivity index (χ3n) is 2.92. The van der Waals surface area contributed by atoms with Crippen LogP contribution in [0.15, 0.2) is 24.3 Å². The zero-order valence-electron chi connectivity index (χ0n) is 11.4. The van der Waals surface area contributed by atoms with Crippen LogP contribution in [-0.2, 0) is 11.3 Å². The number of aromatic nitrogens is 2. The molecule has 2 rings (SSSR count). The van der Waals surface area contributed by atoms with Gasteiger partial charge in [0.1, 0.15) is 5.82 Å². The van der Waals surface area contributed by atoms with Gasteiger partial charge in [-0.15, -0.1) is 0 Å². The fourth-order valence-corrected chi connectivity index (χ4v) is 2.07. The second kappa shape index (κ2) is 5.77. The van der Waals surface area contributed by atoms with Gasteiger partial charge in [-0.05, 0) is 25.0 Å². The van der Waals surface area contributed by atoms with Crippen molar-refractivity contribution in [3.63, 3.8) is 0 Å². The van der Waals surface area contributed by atoms with Crippen LogP contribution in [-0.4, -0.2) is 17.1 Å². The van der Waals surface area contributed by atoms with E-state index in [1.807, 2.05) is 32.0 Å². The summed E-state index contributed by atoms with van der Waals surface area (Å²) < 4.78 is 5.12. The molecule has 0 aliphatic rings. The standard InChI is InChI=1S/C14H18N4O/c1-9-5-4-6-10(2)13(9)14-16-11(8-19-3)7-12(17-14)18-15/h4-7H,8,15H2,1-3H3,(H,16,17,18). The summed E-state index contributed by atoms with van der Waals surface area (Å²) in [6, 6.07) is 7.89. The molecule has 5 heteroatoms. The number of nitrogens with two attached hydrogens (primary N) is 1. The van der Waals surface area contributed by atoms with Crippen molar-refractivity contribution < 1.29 is 4.74 Å². The molecule has 3 N–H and O–H groups in total. The van der Waals surface area contributed by atoms with Gasteiger partial charge in [-0.3, -0.25) is 0 Å². The van der Waals surface area contributed by atoms with Crippen LogP contribution in [0.5, 0.6) is 0 Å². The molecule has 19 heavy (non-hydrogen) atoms. The molecule has 1 aromatic heterocycles. The van der Waals surface area contributed by atoms with Crippen molar-refractivity contribution in [3.8, 4) is 11.4 Å². The Bertz CT molecular complexity index is 563. The van der Waals surface area contributed by atoms with Gasteiger partial charge in [0.2, 0.25) is 0 Å². The van der Waals surface area contributed by atoms with E-state index in [-0.39, 0.29) is 0 Å². The minimum Gasteiger partial charge on any atom is -0.378 e. The van der Waals surface area contributed by atoms with Crippen LogP contribution in [0.4, 0.5) is 5.82 Å². The van der Waals surface area contributed by atoms with E-state index in [4.69, 9.17) is 10.6 Å². The van der Waals surface area contributed by atoms with E-state index < -0.39 is 0 Å². The van der Waals surface area contributed by atoms with Crippen LogP contribution in [0.3, 0.4) is 0 Å². The highest BCUT2D eigenvalue weighted by atomic mass is 16.5. The number of methoxy groups -OCH3 is 1. The number of nitrogen functional groups attached to an aromatic ring is 1. The van der Waals surface area contributed by atoms with Gasteiger partial charge in [0.05, 0.1) is 12.3 Å². The van der Waals surface area contributed by atoms with Crippen molar-refractivity contribution in [1.82, 2.24) is 9.97 Å². The Morgan fingerprint density at radius 3 is 2.47 bits per heavy atom. The first-order chi connectivity index (χ1) is 9.15. The molecule has 0 unspecified atom stereocenters. The van der Waals surface area contributed by atoms with E-state index in [9.17, 15) is 0 Å². The number of benzene rings is 1. The Balaban J connectivity index is 2.57. The van der Waals surface area contributed by atoms with Crippen LogP contribution < -0.4 is 11.3 Å². The second-order valence-corrected chi connectivity index (χ2v) is 4.41. The maximum atomic E-state index is 5.46. The van der Waals surface area contributed by atoms with Gasteiger partial charge < -0.3 is 10.2 Å². The third kappa shape index (κ3) is 2.89. The number of nitrogens with one attached hydrogen (secondary N) is 1. The predicted octanol–water partition coefficient (Wildman–Crippen LogP) is 2.19. The molecule has 0 aliphatic heterocycles. The first-order valence-corrected chi connectivity index (χ1v) is 6.05. The number of hydrazine groups is 1. The summed E-state index contributed by atoms with van der Waals surface area (Å²) in [5, 5.41) is 0. The fourth-order valence-electron chi connectivity index (χ4n) is 2.07. The van der Waals surface area contributed by atoms with E-state index in [0.717, 1.165) is 22.4 Å². The molecule has 0 amide bonds. The third-order valence-corrected chi connectivity index (χ3v) is 2.92. The van der Waals surface area contributed by atoms with Gasteiger partial charge in [-0.2, -0.15) is 0 Å². The van der Waals surface area contributed by atoms with Crippen molar-refractivity contribution in [3.05, 3.63) is 41.1 Å². The highest BCUT2D eigenvalue weighted by Crippen LogP contribution is 2.25. The number of nitrogens with zero attached hydrogens (tertiary/aromatic N) is 2. The highest BCUT2D eigenvalue weighted by Gasteiger charge is 2.11. The van der Waals surface area contributed by atoms with E-state index in [2.05, 4.69) is 15.4 Å². The van der Waals surface area contributed by atoms with Crippen LogP contribution in [0, 0.1) is 13.8 Å². The molecule has 0 fully saturated rings. The molecular weight excluding hydrogens is 240 g/mol. The minimum atomic E-state index is 0.426. The van der Waals surface area contributed by atoms with Gasteiger partial charge in [0, 0.05) is 18.7 Å². The van der Waals surface area contributed by atoms with Gasteiger partial charge in [-0.25, -0.2) is 15.8 Å². The molecule has 0 radical (unpaired) electrons. The van der Waals surface area contributed by atoms with E-state index in [1.165, 1.54) is 0 Å². The summed E-state index contributed by atoms with van der Waals surface area (Å²) in [7, 11) is 1.64. The second-order valence-electron chi connectivity index (χ2n) is 4.41. The van der Waals surface area contributed by atoms with E-state index in [1.54, 1.807) is 13.2 Å². The number of aryl methyl sites for hydroxylation is 2. The van der Waals surface area contributed by atoms with Crippen molar-refractivity contribution >= 4 is 5.82 Å². The molecule has 2 aromatic rings. The summed E-state index contributed by atoms with van der Waals surface area (Å²) >= 11 is 0. The lowest BCUT2D eigenvalue weighted by Crippen LogP contribution is -2.11. The van der Waals surface area contributed by atoms with Crippen LogP contribution in [0.1, 0.15) is 16.8 Å². The molecule has 5 nitrogen and oxygen atoms in total.